The maximum atomic E-state index is 10.6. The molecule has 0 fully saturated rings. The van der Waals surface area contributed by atoms with E-state index in [9.17, 15) is 10.1 Å². The number of hydrogen-bond donors (Lipinski definition) is 1. The van der Waals surface area contributed by atoms with Crippen LogP contribution in [0.3, 0.4) is 0 Å². The van der Waals surface area contributed by atoms with Gasteiger partial charge in [0.05, 0.1) is 10.6 Å². The third kappa shape index (κ3) is 2.80. The van der Waals surface area contributed by atoms with Gasteiger partial charge in [-0.1, -0.05) is 6.92 Å². The average molecular weight is 291 g/mol. The zero-order chi connectivity index (χ0) is 14.7. The molecule has 0 bridgehead atoms. The number of hydrogen-bond acceptors (Lipinski definition) is 5. The molecule has 0 aliphatic heterocycles. The Bertz CT molecular complexity index is 714. The van der Waals surface area contributed by atoms with Crippen molar-refractivity contribution >= 4 is 23.6 Å². The van der Waals surface area contributed by atoms with Gasteiger partial charge in [0.1, 0.15) is 0 Å². The van der Waals surface area contributed by atoms with Crippen molar-refractivity contribution in [3.8, 4) is 0 Å². The molecule has 0 radical (unpaired) electrons. The molecule has 1 aromatic heterocycles. The number of aromatic nitrogens is 3. The van der Waals surface area contributed by atoms with Gasteiger partial charge in [0, 0.05) is 18.6 Å². The van der Waals surface area contributed by atoms with Gasteiger partial charge < -0.3 is 0 Å². The van der Waals surface area contributed by atoms with E-state index in [2.05, 4.69) is 15.3 Å². The molecule has 1 N–H and O–H groups in total. The summed E-state index contributed by atoms with van der Waals surface area (Å²) in [6.07, 6.45) is 0.699. The van der Waals surface area contributed by atoms with Crippen LogP contribution in [0, 0.1) is 14.9 Å². The molecule has 104 valence electrons. The summed E-state index contributed by atoms with van der Waals surface area (Å²) in [5.41, 5.74) is 1.54. The predicted octanol–water partition coefficient (Wildman–Crippen LogP) is 2.68. The van der Waals surface area contributed by atoms with Crippen molar-refractivity contribution in [1.29, 1.82) is 0 Å². The molecular weight excluding hydrogens is 278 g/mol. The Morgan fingerprint density at radius 3 is 2.70 bits per heavy atom. The first-order valence-corrected chi connectivity index (χ1v) is 6.40. The molecular formula is C12H13N5O2S. The van der Waals surface area contributed by atoms with Crippen molar-refractivity contribution in [2.75, 3.05) is 0 Å². The second-order valence-electron chi connectivity index (χ2n) is 4.10. The standard InChI is InChI=1S/C12H13N5O2S/c1-3-11-13-14-12(20)16(11)15-8(2)9-4-6-10(7-5-9)17(18)19/h4-7H,3H2,1-2H3,(H,14,20)/b15-8-. The molecule has 1 heterocycles. The Balaban J connectivity index is 2.37. The minimum atomic E-state index is -0.433. The normalized spacial score (nSPS) is 11.6. The number of non-ortho nitro benzene ring substituents is 1. The number of benzene rings is 1. The molecule has 20 heavy (non-hydrogen) atoms. The maximum absolute atomic E-state index is 10.6. The third-order valence-corrected chi connectivity index (χ3v) is 3.04. The summed E-state index contributed by atoms with van der Waals surface area (Å²) in [6.45, 7) is 3.77. The number of aromatic amines is 1. The molecule has 0 amide bonds. The number of H-pyrrole nitrogens is 1. The second kappa shape index (κ2) is 5.74. The lowest BCUT2D eigenvalue weighted by atomic mass is 10.1. The summed E-state index contributed by atoms with van der Waals surface area (Å²) < 4.78 is 1.98. The zero-order valence-corrected chi connectivity index (χ0v) is 11.8. The topological polar surface area (TPSA) is 89.1 Å². The summed E-state index contributed by atoms with van der Waals surface area (Å²) in [5, 5.41) is 21.8. The van der Waals surface area contributed by atoms with Crippen molar-refractivity contribution in [3.63, 3.8) is 0 Å². The third-order valence-electron chi connectivity index (χ3n) is 2.78. The number of nitrogens with zero attached hydrogens (tertiary/aromatic N) is 4. The zero-order valence-electron chi connectivity index (χ0n) is 11.0. The molecule has 1 aromatic carbocycles. The monoisotopic (exact) mass is 291 g/mol. The minimum Gasteiger partial charge on any atom is -0.258 e. The molecule has 8 heteroatoms. The van der Waals surface area contributed by atoms with Crippen LogP contribution in [0.4, 0.5) is 5.69 Å². The molecule has 0 atom stereocenters. The number of nitrogens with one attached hydrogen (secondary N) is 1. The van der Waals surface area contributed by atoms with Gasteiger partial charge in [0.2, 0.25) is 4.77 Å². The van der Waals surface area contributed by atoms with E-state index < -0.39 is 4.92 Å². The Labute approximate surface area is 120 Å². The predicted molar refractivity (Wildman–Crippen MR) is 77.5 cm³/mol. The number of nitro groups is 1. The highest BCUT2D eigenvalue weighted by Gasteiger charge is 2.07. The van der Waals surface area contributed by atoms with E-state index in [1.807, 2.05) is 13.8 Å². The molecule has 0 unspecified atom stereocenters. The Morgan fingerprint density at radius 2 is 2.15 bits per heavy atom. The van der Waals surface area contributed by atoms with E-state index in [1.165, 1.54) is 12.1 Å². The Kier molecular flexibility index (Phi) is 4.04. The van der Waals surface area contributed by atoms with E-state index >= 15 is 0 Å². The van der Waals surface area contributed by atoms with Gasteiger partial charge in [-0.3, -0.25) is 15.2 Å². The first-order valence-electron chi connectivity index (χ1n) is 5.99. The van der Waals surface area contributed by atoms with Crippen molar-refractivity contribution in [1.82, 2.24) is 14.9 Å². The summed E-state index contributed by atoms with van der Waals surface area (Å²) in [4.78, 5) is 10.2. The Hall–Kier alpha value is -2.35. The van der Waals surface area contributed by atoms with Gasteiger partial charge in [-0.25, -0.2) is 0 Å². The fourth-order valence-electron chi connectivity index (χ4n) is 1.69. The van der Waals surface area contributed by atoms with Crippen molar-refractivity contribution in [2.45, 2.75) is 20.3 Å². The molecule has 2 rings (SSSR count). The summed E-state index contributed by atoms with van der Waals surface area (Å²) in [5.74, 6) is 0.733. The highest BCUT2D eigenvalue weighted by molar-refractivity contribution is 7.71. The summed E-state index contributed by atoms with van der Waals surface area (Å²) in [6, 6.07) is 6.21. The van der Waals surface area contributed by atoms with E-state index in [1.54, 1.807) is 16.8 Å². The lowest BCUT2D eigenvalue weighted by Gasteiger charge is -2.02. The lowest BCUT2D eigenvalue weighted by molar-refractivity contribution is -0.384. The quantitative estimate of drug-likeness (QED) is 0.406. The molecule has 0 aliphatic rings. The molecule has 2 aromatic rings. The summed E-state index contributed by atoms with van der Waals surface area (Å²) >= 11 is 5.11. The lowest BCUT2D eigenvalue weighted by Crippen LogP contribution is -2.03. The number of nitro benzene ring substituents is 1. The fraction of sp³-hybridized carbons (Fsp3) is 0.250. The SMILES string of the molecule is CCc1n[nH]c(=S)n1/N=C(/C)c1ccc([N+](=O)[O-])cc1. The van der Waals surface area contributed by atoms with Crippen molar-refractivity contribution in [2.24, 2.45) is 5.10 Å². The van der Waals surface area contributed by atoms with Gasteiger partial charge in [-0.15, -0.1) is 0 Å². The van der Waals surface area contributed by atoms with E-state index in [0.717, 1.165) is 11.4 Å². The van der Waals surface area contributed by atoms with E-state index in [4.69, 9.17) is 12.2 Å². The van der Waals surface area contributed by atoms with Crippen LogP contribution in [-0.4, -0.2) is 25.5 Å². The maximum Gasteiger partial charge on any atom is 0.269 e. The molecule has 7 nitrogen and oxygen atoms in total. The van der Waals surface area contributed by atoms with Gasteiger partial charge in [-0.05, 0) is 36.8 Å². The van der Waals surface area contributed by atoms with Crippen LogP contribution in [0.5, 0.6) is 0 Å². The van der Waals surface area contributed by atoms with Gasteiger partial charge in [-0.2, -0.15) is 14.9 Å². The van der Waals surface area contributed by atoms with Gasteiger partial charge in [0.25, 0.3) is 5.69 Å². The van der Waals surface area contributed by atoms with Crippen molar-refractivity contribution in [3.05, 3.63) is 50.5 Å². The van der Waals surface area contributed by atoms with Crippen LogP contribution in [0.1, 0.15) is 25.2 Å². The highest BCUT2D eigenvalue weighted by atomic mass is 32.1. The van der Waals surface area contributed by atoms with Crippen molar-refractivity contribution < 1.29 is 4.92 Å². The first kappa shape index (κ1) is 14.1. The van der Waals surface area contributed by atoms with E-state index in [0.29, 0.717) is 16.9 Å². The molecule has 0 aliphatic carbocycles. The minimum absolute atomic E-state index is 0.0516. The van der Waals surface area contributed by atoms with Crippen LogP contribution in [-0.2, 0) is 6.42 Å². The number of rotatable bonds is 4. The van der Waals surface area contributed by atoms with E-state index in [-0.39, 0.29) is 5.69 Å². The van der Waals surface area contributed by atoms with Crippen LogP contribution in [0.25, 0.3) is 0 Å². The second-order valence-corrected chi connectivity index (χ2v) is 4.49. The van der Waals surface area contributed by atoms with Gasteiger partial charge >= 0.3 is 0 Å². The summed E-state index contributed by atoms with van der Waals surface area (Å²) in [7, 11) is 0. The highest BCUT2D eigenvalue weighted by Crippen LogP contribution is 2.13. The number of aryl methyl sites for hydroxylation is 1. The fourth-order valence-corrected chi connectivity index (χ4v) is 1.88. The molecule has 0 saturated carbocycles. The van der Waals surface area contributed by atoms with Crippen LogP contribution >= 0.6 is 12.2 Å². The van der Waals surface area contributed by atoms with Crippen LogP contribution < -0.4 is 0 Å². The van der Waals surface area contributed by atoms with Crippen LogP contribution in [0.2, 0.25) is 0 Å². The average Bonchev–Trinajstić information content (AvgIpc) is 2.79. The smallest absolute Gasteiger partial charge is 0.258 e. The molecule has 0 saturated heterocycles. The Morgan fingerprint density at radius 1 is 1.50 bits per heavy atom. The molecule has 0 spiro atoms. The first-order chi connectivity index (χ1) is 9.52. The van der Waals surface area contributed by atoms with Gasteiger partial charge in [0.15, 0.2) is 5.82 Å². The van der Waals surface area contributed by atoms with Crippen LogP contribution in [0.15, 0.2) is 29.4 Å². The largest absolute Gasteiger partial charge is 0.269 e.